The molecule has 12 heteroatoms. The molecule has 8 aliphatic carbocycles. The first-order valence-corrected chi connectivity index (χ1v) is 29.8. The summed E-state index contributed by atoms with van der Waals surface area (Å²) in [5.41, 5.74) is 4.66. The van der Waals surface area contributed by atoms with E-state index in [2.05, 4.69) is 95.8 Å². The minimum absolute atomic E-state index is 0.0206. The summed E-state index contributed by atoms with van der Waals surface area (Å²) in [4.78, 5) is 27.2. The molecule has 0 spiro atoms. The van der Waals surface area contributed by atoms with Crippen molar-refractivity contribution in [3.63, 3.8) is 0 Å². The predicted octanol–water partition coefficient (Wildman–Crippen LogP) is 12.1. The fraction of sp³-hybridized carbons (Fsp3) is 0.710. The van der Waals surface area contributed by atoms with Crippen molar-refractivity contribution in [2.24, 2.45) is 69.5 Å². The van der Waals surface area contributed by atoms with Gasteiger partial charge in [-0.2, -0.15) is 0 Å². The number of carbonyl (C=O) groups is 2. The van der Waals surface area contributed by atoms with Crippen molar-refractivity contribution in [3.8, 4) is 11.8 Å². The van der Waals surface area contributed by atoms with Gasteiger partial charge in [-0.1, -0.05) is 70.4 Å². The van der Waals surface area contributed by atoms with E-state index in [4.69, 9.17) is 23.0 Å². The number of carbonyl (C=O) groups excluding carboxylic acids is 2. The van der Waals surface area contributed by atoms with Crippen LogP contribution in [0.1, 0.15) is 149 Å². The summed E-state index contributed by atoms with van der Waals surface area (Å²) in [5.74, 6) is 8.34. The molecule has 0 aromatic heterocycles. The molecular weight excluding hydrogens is 950 g/mol. The molecule has 2 N–H and O–H groups in total. The van der Waals surface area contributed by atoms with E-state index in [0.717, 1.165) is 69.9 Å². The number of anilines is 1. The standard InChI is InChI=1S/C62H88NO10P/c1-11-27-62(67)40(5)33-52-48-21-17-42-34-45(64)20-22-47(42)57(48)49(38-60(52,62)7)41-15-18-44(19-16-41)63(9)29-32-70-46-26-28-59(6)43(35-46)36-54(73-74(68,71-30-12-2)72-31-13-3)58-51-24-23-50(39(4)14-25-56(66)69-10)61(51,8)55(65)37-53(58)59/h12-13,15-16,18-19,34,39-40,43,46,48-55,58,65,67H,2-3,14,17,20-26,28-33,35-38H2,1,4-10H3/t39-,40?,43+,46+,48?,49-,50-,51+,52?,53+,54-,55+,58+,59+,60+,61-,62+/m1/s1. The average Bonchev–Trinajstić information content (AvgIpc) is 3.90. The number of ketones is 1. The Bertz CT molecular complexity index is 2440. The van der Waals surface area contributed by atoms with Gasteiger partial charge in [0.1, 0.15) is 5.60 Å². The zero-order valence-corrected chi connectivity index (χ0v) is 46.8. The summed E-state index contributed by atoms with van der Waals surface area (Å²) >= 11 is 0. The Morgan fingerprint density at radius 3 is 2.39 bits per heavy atom. The molecule has 0 saturated heterocycles. The highest BCUT2D eigenvalue weighted by atomic mass is 31.2. The summed E-state index contributed by atoms with van der Waals surface area (Å²) < 4.78 is 44.8. The molecule has 6 fully saturated rings. The number of esters is 1. The molecule has 17 atom stereocenters. The van der Waals surface area contributed by atoms with Crippen LogP contribution in [0.2, 0.25) is 0 Å². The predicted molar refractivity (Wildman–Crippen MR) is 290 cm³/mol. The number of ether oxygens (including phenoxy) is 2. The van der Waals surface area contributed by atoms with Crippen LogP contribution >= 0.6 is 7.82 Å². The molecule has 11 nitrogen and oxygen atoms in total. The van der Waals surface area contributed by atoms with Crippen LogP contribution in [0.25, 0.3) is 0 Å². The Morgan fingerprint density at radius 2 is 1.70 bits per heavy atom. The van der Waals surface area contributed by atoms with Crippen LogP contribution in [0.4, 0.5) is 5.69 Å². The van der Waals surface area contributed by atoms with Gasteiger partial charge in [-0.3, -0.25) is 23.2 Å². The molecule has 0 amide bonds. The zero-order chi connectivity index (χ0) is 53.0. The van der Waals surface area contributed by atoms with Gasteiger partial charge in [0, 0.05) is 43.5 Å². The van der Waals surface area contributed by atoms with Crippen molar-refractivity contribution in [2.45, 2.75) is 168 Å². The smallest absolute Gasteiger partial charge is 0.469 e. The second-order valence-electron chi connectivity index (χ2n) is 24.9. The van der Waals surface area contributed by atoms with E-state index in [0.29, 0.717) is 57.1 Å². The van der Waals surface area contributed by atoms with Crippen molar-refractivity contribution in [3.05, 3.63) is 77.9 Å². The molecule has 0 radical (unpaired) electrons. The van der Waals surface area contributed by atoms with Crippen molar-refractivity contribution in [1.29, 1.82) is 0 Å². The van der Waals surface area contributed by atoms with Gasteiger partial charge in [-0.05, 0) is 189 Å². The van der Waals surface area contributed by atoms with Gasteiger partial charge in [-0.15, -0.1) is 19.1 Å². The number of aliphatic hydroxyl groups is 2. The van der Waals surface area contributed by atoms with Crippen LogP contribution in [-0.4, -0.2) is 86.4 Å². The molecule has 9 rings (SSSR count). The molecule has 8 aliphatic rings. The number of likely N-dealkylation sites (N-methyl/N-ethyl adjacent to an activating group) is 1. The molecule has 74 heavy (non-hydrogen) atoms. The minimum atomic E-state index is -4.03. The normalized spacial score (nSPS) is 39.6. The summed E-state index contributed by atoms with van der Waals surface area (Å²) in [6, 6.07) is 9.07. The lowest BCUT2D eigenvalue weighted by molar-refractivity contribution is -0.207. The van der Waals surface area contributed by atoms with Crippen LogP contribution in [0.5, 0.6) is 0 Å². The van der Waals surface area contributed by atoms with E-state index >= 15 is 0 Å². The Morgan fingerprint density at radius 1 is 0.973 bits per heavy atom. The Kier molecular flexibility index (Phi) is 16.4. The molecule has 1 aromatic carbocycles. The van der Waals surface area contributed by atoms with Crippen molar-refractivity contribution in [2.75, 3.05) is 45.4 Å². The number of phosphoric ester groups is 1. The number of hydrogen-bond acceptors (Lipinski definition) is 11. The van der Waals surface area contributed by atoms with Crippen LogP contribution in [0, 0.1) is 81.3 Å². The number of allylic oxidation sites excluding steroid dienone is 4. The summed E-state index contributed by atoms with van der Waals surface area (Å²) in [6.07, 6.45) is 16.2. The van der Waals surface area contributed by atoms with E-state index in [1.807, 2.05) is 13.0 Å². The van der Waals surface area contributed by atoms with Crippen LogP contribution in [-0.2, 0) is 37.2 Å². The molecule has 6 saturated carbocycles. The number of hydrogen-bond donors (Lipinski definition) is 2. The largest absolute Gasteiger partial charge is 0.475 e. The van der Waals surface area contributed by atoms with Gasteiger partial charge in [0.05, 0.1) is 45.2 Å². The third-order valence-corrected chi connectivity index (χ3v) is 23.1. The maximum atomic E-state index is 14.5. The highest BCUT2D eigenvalue weighted by Crippen LogP contribution is 2.71. The lowest BCUT2D eigenvalue weighted by Crippen LogP contribution is -2.62. The molecule has 3 unspecified atom stereocenters. The number of aliphatic hydroxyl groups excluding tert-OH is 1. The molecule has 0 aliphatic heterocycles. The zero-order valence-electron chi connectivity index (χ0n) is 46.0. The Labute approximate surface area is 443 Å². The lowest BCUT2D eigenvalue weighted by Gasteiger charge is -2.64. The lowest BCUT2D eigenvalue weighted by atomic mass is 9.43. The average molecular weight is 1040 g/mol. The Balaban J connectivity index is 0.900. The number of benzene rings is 1. The van der Waals surface area contributed by atoms with Crippen molar-refractivity contribution in [1.82, 2.24) is 0 Å². The van der Waals surface area contributed by atoms with Gasteiger partial charge in [0.25, 0.3) is 0 Å². The van der Waals surface area contributed by atoms with E-state index in [1.165, 1.54) is 29.4 Å². The molecule has 0 bridgehead atoms. The molecule has 1 aromatic rings. The topological polar surface area (TPSA) is 141 Å². The second-order valence-corrected chi connectivity index (χ2v) is 26.6. The second kappa shape index (κ2) is 21.8. The first-order valence-electron chi connectivity index (χ1n) is 28.4. The monoisotopic (exact) mass is 1040 g/mol. The number of methoxy groups -OCH3 is 1. The summed E-state index contributed by atoms with van der Waals surface area (Å²) in [6.45, 7) is 22.2. The fourth-order valence-electron chi connectivity index (χ4n) is 17.8. The third kappa shape index (κ3) is 9.74. The van der Waals surface area contributed by atoms with E-state index in [1.54, 1.807) is 12.2 Å². The first-order chi connectivity index (χ1) is 35.3. The number of phosphoric acid groups is 1. The van der Waals surface area contributed by atoms with Gasteiger partial charge in [-0.25, -0.2) is 4.57 Å². The fourth-order valence-corrected chi connectivity index (χ4v) is 19.1. The Hall–Kier alpha value is -3.33. The van der Waals surface area contributed by atoms with Gasteiger partial charge in [0.15, 0.2) is 5.78 Å². The molecule has 406 valence electrons. The first kappa shape index (κ1) is 55.4. The van der Waals surface area contributed by atoms with E-state index in [-0.39, 0.29) is 89.2 Å². The van der Waals surface area contributed by atoms with Crippen LogP contribution in [0.15, 0.2) is 72.4 Å². The van der Waals surface area contributed by atoms with E-state index < -0.39 is 31.0 Å². The summed E-state index contributed by atoms with van der Waals surface area (Å²) in [5, 5.41) is 24.9. The van der Waals surface area contributed by atoms with Crippen LogP contribution < -0.4 is 4.90 Å². The van der Waals surface area contributed by atoms with Gasteiger partial charge < -0.3 is 24.6 Å². The third-order valence-electron chi connectivity index (χ3n) is 21.6. The quantitative estimate of drug-likeness (QED) is 0.0628. The number of rotatable bonds is 18. The SMILES string of the molecule is C=CCOP(=O)(OCC=C)O[C@@H]1C[C@@H]2C[C@@H](OCCN(C)c3ccc([C@H]4C[C@@]5(C)C(CC(C)[C@@]5(O)C#CC)C5CCC6=CC(=O)CCC6=C54)cc3)CC[C@]2(C)[C@H]2C[C@H](O)[C@]3(C)[C@@H]([C@H](C)CCC(=O)OC)CC[C@H]3[C@H]12. The van der Waals surface area contributed by atoms with E-state index in [9.17, 15) is 24.4 Å². The molecule has 0 heterocycles. The highest BCUT2D eigenvalue weighted by molar-refractivity contribution is 7.48. The summed E-state index contributed by atoms with van der Waals surface area (Å²) in [7, 11) is -0.465. The minimum Gasteiger partial charge on any atom is -0.469 e. The maximum Gasteiger partial charge on any atom is 0.475 e. The van der Waals surface area contributed by atoms with Gasteiger partial charge in [0.2, 0.25) is 0 Å². The van der Waals surface area contributed by atoms with Crippen molar-refractivity contribution >= 4 is 25.3 Å². The maximum absolute atomic E-state index is 14.5. The van der Waals surface area contributed by atoms with Gasteiger partial charge >= 0.3 is 13.8 Å². The molecular formula is C62H88NO10P. The highest BCUT2D eigenvalue weighted by Gasteiger charge is 2.68. The number of nitrogens with zero attached hydrogens (tertiary/aromatic N) is 1. The van der Waals surface area contributed by atoms with Crippen molar-refractivity contribution < 1.29 is 47.4 Å². The van der Waals surface area contributed by atoms with Crippen LogP contribution in [0.3, 0.4) is 0 Å². The number of fused-ring (bicyclic) bond motifs is 9.